The van der Waals surface area contributed by atoms with Crippen LogP contribution in [0, 0.1) is 0 Å². The van der Waals surface area contributed by atoms with E-state index >= 15 is 0 Å². The van der Waals surface area contributed by atoms with Crippen molar-refractivity contribution in [3.8, 4) is 0 Å². The van der Waals surface area contributed by atoms with Crippen molar-refractivity contribution in [2.45, 2.75) is 43.9 Å². The van der Waals surface area contributed by atoms with Gasteiger partial charge in [0.15, 0.2) is 18.7 Å². The molecule has 0 spiro atoms. The highest BCUT2D eigenvalue weighted by molar-refractivity contribution is 7.33. The molecule has 3 aliphatic rings. The number of hydrogen-bond acceptors (Lipinski definition) is 7. The predicted octanol–water partition coefficient (Wildman–Crippen LogP) is -0.0936. The van der Waals surface area contributed by atoms with E-state index in [1.807, 2.05) is 0 Å². The molecule has 7 atom stereocenters. The quantitative estimate of drug-likeness (QED) is 0.602. The Kier molecular flexibility index (Phi) is 2.72. The Bertz CT molecular complexity index is 311. The van der Waals surface area contributed by atoms with E-state index < -0.39 is 45.3 Å². The maximum absolute atomic E-state index is 11.1. The average molecular weight is 251 g/mol. The zero-order valence-electron chi connectivity index (χ0n) is 8.52. The van der Waals surface area contributed by atoms with Crippen LogP contribution in [-0.2, 0) is 27.8 Å². The Morgan fingerprint density at radius 1 is 1.25 bits per heavy atom. The summed E-state index contributed by atoms with van der Waals surface area (Å²) in [5.74, 6) is 0. The second kappa shape index (κ2) is 3.96. The molecule has 1 N–H and O–H groups in total. The third kappa shape index (κ3) is 1.69. The molecule has 0 aromatic rings. The average Bonchev–Trinajstić information content (AvgIpc) is 2.61. The second-order valence-electron chi connectivity index (χ2n) is 3.93. The van der Waals surface area contributed by atoms with Crippen LogP contribution in [0.2, 0.25) is 0 Å². The fourth-order valence-electron chi connectivity index (χ4n) is 2.12. The summed E-state index contributed by atoms with van der Waals surface area (Å²) < 4.78 is 37.1. The molecule has 0 aromatic carbocycles. The van der Waals surface area contributed by atoms with E-state index in [0.717, 1.165) is 0 Å². The molecular formula is C8H12O7P+. The van der Waals surface area contributed by atoms with Crippen LogP contribution in [0.3, 0.4) is 0 Å². The van der Waals surface area contributed by atoms with Gasteiger partial charge in [-0.15, -0.1) is 9.05 Å². The third-order valence-corrected chi connectivity index (χ3v) is 3.62. The molecule has 0 saturated carbocycles. The van der Waals surface area contributed by atoms with E-state index in [2.05, 4.69) is 0 Å². The molecule has 3 aliphatic heterocycles. The molecule has 3 fully saturated rings. The van der Waals surface area contributed by atoms with Gasteiger partial charge < -0.3 is 19.3 Å². The normalized spacial score (nSPS) is 54.5. The third-order valence-electron chi connectivity index (χ3n) is 2.84. The van der Waals surface area contributed by atoms with E-state index in [4.69, 9.17) is 23.3 Å². The lowest BCUT2D eigenvalue weighted by atomic mass is 9.99. The van der Waals surface area contributed by atoms with Crippen molar-refractivity contribution in [3.05, 3.63) is 0 Å². The molecule has 3 heterocycles. The predicted molar refractivity (Wildman–Crippen MR) is 48.5 cm³/mol. The van der Waals surface area contributed by atoms with Gasteiger partial charge in [-0.2, -0.15) is 0 Å². The van der Waals surface area contributed by atoms with Gasteiger partial charge >= 0.3 is 8.25 Å². The summed E-state index contributed by atoms with van der Waals surface area (Å²) in [5.41, 5.74) is 0. The molecule has 0 aliphatic carbocycles. The summed E-state index contributed by atoms with van der Waals surface area (Å²) in [6, 6.07) is 0. The van der Waals surface area contributed by atoms with Crippen molar-refractivity contribution in [1.82, 2.24) is 0 Å². The van der Waals surface area contributed by atoms with Gasteiger partial charge in [-0.05, 0) is 6.92 Å². The first-order valence-corrected chi connectivity index (χ1v) is 6.16. The lowest BCUT2D eigenvalue weighted by Crippen LogP contribution is -2.59. The van der Waals surface area contributed by atoms with Crippen molar-refractivity contribution in [3.63, 3.8) is 0 Å². The van der Waals surface area contributed by atoms with E-state index in [1.54, 1.807) is 6.92 Å². The highest BCUT2D eigenvalue weighted by Gasteiger charge is 2.57. The molecule has 8 heteroatoms. The van der Waals surface area contributed by atoms with Gasteiger partial charge in [0.1, 0.15) is 24.9 Å². The first kappa shape index (κ1) is 11.0. The summed E-state index contributed by atoms with van der Waals surface area (Å²) in [6.07, 6.45) is -3.73. The highest BCUT2D eigenvalue weighted by atomic mass is 31.1. The number of fused-ring (bicyclic) bond motifs is 2. The van der Waals surface area contributed by atoms with Crippen LogP contribution >= 0.6 is 8.25 Å². The minimum Gasteiger partial charge on any atom is -0.387 e. The summed E-state index contributed by atoms with van der Waals surface area (Å²) in [7, 11) is -2.18. The van der Waals surface area contributed by atoms with Gasteiger partial charge in [0.25, 0.3) is 0 Å². The van der Waals surface area contributed by atoms with Gasteiger partial charge in [0, 0.05) is 4.57 Å². The topological polar surface area (TPSA) is 83.5 Å². The largest absolute Gasteiger partial charge is 0.697 e. The summed E-state index contributed by atoms with van der Waals surface area (Å²) in [4.78, 5) is 0. The van der Waals surface area contributed by atoms with Gasteiger partial charge in [0.05, 0.1) is 0 Å². The molecule has 0 bridgehead atoms. The van der Waals surface area contributed by atoms with Crippen molar-refractivity contribution in [2.75, 3.05) is 6.61 Å². The van der Waals surface area contributed by atoms with Gasteiger partial charge in [-0.1, -0.05) is 0 Å². The van der Waals surface area contributed by atoms with Crippen LogP contribution in [0.25, 0.3) is 0 Å². The van der Waals surface area contributed by atoms with Crippen molar-refractivity contribution >= 4 is 8.25 Å². The Morgan fingerprint density at radius 3 is 2.88 bits per heavy atom. The lowest BCUT2D eigenvalue weighted by Gasteiger charge is -2.37. The number of rotatable bonds is 0. The van der Waals surface area contributed by atoms with Crippen molar-refractivity contribution in [1.29, 1.82) is 0 Å². The van der Waals surface area contributed by atoms with Crippen molar-refractivity contribution in [2.24, 2.45) is 0 Å². The molecule has 0 aromatic heterocycles. The standard InChI is InChI=1S/C8H12O7P/c1-3-12-7-5(9)6-4(14-8(7)13-3)2-11-16(10)15-6/h3-9H,2H2,1H3/q+1/t3-,4-,5+,6+,7-,8+/m1/s1. The van der Waals surface area contributed by atoms with Crippen molar-refractivity contribution < 1.29 is 32.9 Å². The molecule has 90 valence electrons. The fraction of sp³-hybridized carbons (Fsp3) is 1.00. The maximum Gasteiger partial charge on any atom is 0.697 e. The molecule has 3 rings (SSSR count). The van der Waals surface area contributed by atoms with Gasteiger partial charge in [0.2, 0.25) is 0 Å². The van der Waals surface area contributed by atoms with Crippen LogP contribution in [0.5, 0.6) is 0 Å². The van der Waals surface area contributed by atoms with Gasteiger partial charge in [-0.25, -0.2) is 0 Å². The minimum absolute atomic E-state index is 0.123. The molecular weight excluding hydrogens is 239 g/mol. The number of hydrogen-bond donors (Lipinski definition) is 1. The molecule has 3 saturated heterocycles. The van der Waals surface area contributed by atoms with E-state index in [1.165, 1.54) is 0 Å². The Labute approximate surface area is 92.5 Å². The molecule has 16 heavy (non-hydrogen) atoms. The van der Waals surface area contributed by atoms with E-state index in [9.17, 15) is 9.67 Å². The maximum atomic E-state index is 11.1. The van der Waals surface area contributed by atoms with Crippen LogP contribution in [0.15, 0.2) is 0 Å². The first-order chi connectivity index (χ1) is 7.65. The number of aliphatic hydroxyl groups is 1. The number of aliphatic hydroxyl groups excluding tert-OH is 1. The van der Waals surface area contributed by atoms with Crippen LogP contribution in [0.1, 0.15) is 6.92 Å². The Balaban J connectivity index is 1.79. The minimum atomic E-state index is -2.18. The van der Waals surface area contributed by atoms with E-state index in [0.29, 0.717) is 0 Å². The smallest absolute Gasteiger partial charge is 0.387 e. The van der Waals surface area contributed by atoms with Crippen LogP contribution in [-0.4, -0.2) is 48.7 Å². The molecule has 1 unspecified atom stereocenters. The second-order valence-corrected chi connectivity index (χ2v) is 4.84. The number of ether oxygens (including phenoxy) is 3. The van der Waals surface area contributed by atoms with Crippen LogP contribution < -0.4 is 0 Å². The zero-order valence-corrected chi connectivity index (χ0v) is 9.41. The van der Waals surface area contributed by atoms with E-state index in [-0.39, 0.29) is 6.61 Å². The zero-order chi connectivity index (χ0) is 11.3. The van der Waals surface area contributed by atoms with Crippen LogP contribution in [0.4, 0.5) is 0 Å². The summed E-state index contributed by atoms with van der Waals surface area (Å²) >= 11 is 0. The SMILES string of the molecule is C[C@H]1O[C@H]2O[C@@H]3CO[P+](=O)O[C@@H]3[C@H](O)[C@H]2O1. The summed E-state index contributed by atoms with van der Waals surface area (Å²) in [5, 5.41) is 10.0. The molecule has 0 amide bonds. The summed E-state index contributed by atoms with van der Waals surface area (Å²) in [6.45, 7) is 1.84. The fourth-order valence-corrected chi connectivity index (χ4v) is 2.91. The first-order valence-electron chi connectivity index (χ1n) is 5.06. The Hall–Kier alpha value is -0.140. The molecule has 0 radical (unpaired) electrons. The Morgan fingerprint density at radius 2 is 2.06 bits per heavy atom. The monoisotopic (exact) mass is 251 g/mol. The lowest BCUT2D eigenvalue weighted by molar-refractivity contribution is -0.254. The highest BCUT2D eigenvalue weighted by Crippen LogP contribution is 2.41. The van der Waals surface area contributed by atoms with Gasteiger partial charge in [-0.3, -0.25) is 0 Å². The molecule has 7 nitrogen and oxygen atoms in total.